The van der Waals surface area contributed by atoms with Crippen LogP contribution < -0.4 is 10.0 Å². The molecule has 1 rings (SSSR count). The molecule has 2 N–H and O–H groups in total. The third-order valence-electron chi connectivity index (χ3n) is 2.42. The number of nitro groups is 1. The highest BCUT2D eigenvalue weighted by molar-refractivity contribution is 7.89. The Morgan fingerprint density at radius 1 is 1.35 bits per heavy atom. The zero-order valence-electron chi connectivity index (χ0n) is 11.1. The second-order valence-electron chi connectivity index (χ2n) is 3.99. The zero-order chi connectivity index (χ0) is 15.3. The Kier molecular flexibility index (Phi) is 5.40. The number of anilines is 1. The number of nitrogens with zero attached hydrogens (tertiary/aromatic N) is 1. The maximum atomic E-state index is 14.0. The summed E-state index contributed by atoms with van der Waals surface area (Å²) in [7, 11) is -4.06. The highest BCUT2D eigenvalue weighted by Crippen LogP contribution is 2.29. The largest absolute Gasteiger partial charge is 0.384 e. The van der Waals surface area contributed by atoms with Gasteiger partial charge in [-0.15, -0.1) is 0 Å². The SMILES string of the molecule is CCCNS(=O)(=O)c1c(F)cc([N+](=O)[O-])cc1NCC. The fraction of sp³-hybridized carbons (Fsp3) is 0.455. The van der Waals surface area contributed by atoms with Crippen LogP contribution in [0.25, 0.3) is 0 Å². The lowest BCUT2D eigenvalue weighted by molar-refractivity contribution is -0.385. The lowest BCUT2D eigenvalue weighted by Crippen LogP contribution is -2.26. The first-order chi connectivity index (χ1) is 9.33. The van der Waals surface area contributed by atoms with Gasteiger partial charge in [-0.3, -0.25) is 10.1 Å². The van der Waals surface area contributed by atoms with Crippen molar-refractivity contribution < 1.29 is 17.7 Å². The molecule has 0 aromatic heterocycles. The van der Waals surface area contributed by atoms with E-state index in [2.05, 4.69) is 10.0 Å². The van der Waals surface area contributed by atoms with Gasteiger partial charge in [-0.05, 0) is 13.3 Å². The summed E-state index contributed by atoms with van der Waals surface area (Å²) in [6, 6.07) is 1.61. The van der Waals surface area contributed by atoms with Crippen molar-refractivity contribution in [2.45, 2.75) is 25.2 Å². The van der Waals surface area contributed by atoms with Gasteiger partial charge < -0.3 is 5.32 Å². The lowest BCUT2D eigenvalue weighted by Gasteiger charge is -2.13. The predicted molar refractivity (Wildman–Crippen MR) is 72.7 cm³/mol. The number of rotatable bonds is 7. The van der Waals surface area contributed by atoms with E-state index in [0.29, 0.717) is 19.0 Å². The van der Waals surface area contributed by atoms with Crippen molar-refractivity contribution in [2.75, 3.05) is 18.4 Å². The van der Waals surface area contributed by atoms with E-state index >= 15 is 0 Å². The molecule has 0 atom stereocenters. The highest BCUT2D eigenvalue weighted by Gasteiger charge is 2.26. The van der Waals surface area contributed by atoms with Crippen LogP contribution in [0.2, 0.25) is 0 Å². The number of hydrogen-bond donors (Lipinski definition) is 2. The molecule has 112 valence electrons. The van der Waals surface area contributed by atoms with Crippen molar-refractivity contribution in [3.8, 4) is 0 Å². The van der Waals surface area contributed by atoms with Crippen molar-refractivity contribution >= 4 is 21.4 Å². The number of benzene rings is 1. The highest BCUT2D eigenvalue weighted by atomic mass is 32.2. The number of nitrogens with one attached hydrogen (secondary N) is 2. The molecular formula is C11H16FN3O4S. The summed E-state index contributed by atoms with van der Waals surface area (Å²) < 4.78 is 40.2. The topological polar surface area (TPSA) is 101 Å². The first-order valence-corrected chi connectivity index (χ1v) is 7.53. The molecule has 1 aromatic rings. The van der Waals surface area contributed by atoms with E-state index in [1.54, 1.807) is 13.8 Å². The van der Waals surface area contributed by atoms with Crippen molar-refractivity contribution in [1.29, 1.82) is 0 Å². The van der Waals surface area contributed by atoms with E-state index < -0.39 is 31.3 Å². The van der Waals surface area contributed by atoms with Crippen LogP contribution in [-0.4, -0.2) is 26.4 Å². The third kappa shape index (κ3) is 3.64. The normalized spacial score (nSPS) is 11.3. The fourth-order valence-corrected chi connectivity index (χ4v) is 2.94. The maximum Gasteiger partial charge on any atom is 0.274 e. The van der Waals surface area contributed by atoms with Crippen molar-refractivity contribution in [3.05, 3.63) is 28.1 Å². The molecule has 0 bridgehead atoms. The Labute approximate surface area is 116 Å². The van der Waals surface area contributed by atoms with E-state index in [1.165, 1.54) is 0 Å². The number of non-ortho nitro benzene ring substituents is 1. The van der Waals surface area contributed by atoms with Gasteiger partial charge in [0.15, 0.2) is 5.82 Å². The van der Waals surface area contributed by atoms with E-state index in [9.17, 15) is 22.9 Å². The van der Waals surface area contributed by atoms with E-state index in [4.69, 9.17) is 0 Å². The molecular weight excluding hydrogens is 289 g/mol. The first-order valence-electron chi connectivity index (χ1n) is 6.05. The van der Waals surface area contributed by atoms with Gasteiger partial charge in [0.05, 0.1) is 16.7 Å². The summed E-state index contributed by atoms with van der Waals surface area (Å²) in [5.41, 5.74) is -0.629. The van der Waals surface area contributed by atoms with Gasteiger partial charge in [0.1, 0.15) is 4.90 Å². The minimum absolute atomic E-state index is 0.122. The lowest BCUT2D eigenvalue weighted by atomic mass is 10.2. The molecule has 0 fully saturated rings. The maximum absolute atomic E-state index is 14.0. The molecule has 0 aliphatic heterocycles. The minimum Gasteiger partial charge on any atom is -0.384 e. The average molecular weight is 305 g/mol. The summed E-state index contributed by atoms with van der Waals surface area (Å²) in [5, 5.41) is 13.3. The van der Waals surface area contributed by atoms with Gasteiger partial charge in [-0.1, -0.05) is 6.92 Å². The van der Waals surface area contributed by atoms with E-state index in [-0.39, 0.29) is 12.2 Å². The fourth-order valence-electron chi connectivity index (χ4n) is 1.59. The Hall–Kier alpha value is -1.74. The Morgan fingerprint density at radius 3 is 2.50 bits per heavy atom. The average Bonchev–Trinajstić information content (AvgIpc) is 2.35. The molecule has 0 saturated heterocycles. The van der Waals surface area contributed by atoms with Crippen LogP contribution in [0.3, 0.4) is 0 Å². The van der Waals surface area contributed by atoms with Gasteiger partial charge in [0.2, 0.25) is 10.0 Å². The van der Waals surface area contributed by atoms with Gasteiger partial charge in [-0.2, -0.15) is 0 Å². The minimum atomic E-state index is -4.06. The number of nitro benzene ring substituents is 1. The van der Waals surface area contributed by atoms with Crippen molar-refractivity contribution in [2.24, 2.45) is 0 Å². The van der Waals surface area contributed by atoms with Gasteiger partial charge >= 0.3 is 0 Å². The second kappa shape index (κ2) is 6.62. The van der Waals surface area contributed by atoms with E-state index in [0.717, 1.165) is 6.07 Å². The molecule has 1 aromatic carbocycles. The summed E-state index contributed by atoms with van der Waals surface area (Å²) in [6.45, 7) is 3.90. The Balaban J connectivity index is 3.41. The quantitative estimate of drug-likeness (QED) is 0.591. The molecule has 0 amide bonds. The number of halogens is 1. The molecule has 0 saturated carbocycles. The van der Waals surface area contributed by atoms with Crippen molar-refractivity contribution in [3.63, 3.8) is 0 Å². The predicted octanol–water partition coefficient (Wildman–Crippen LogP) is 1.85. The molecule has 0 spiro atoms. The smallest absolute Gasteiger partial charge is 0.274 e. The van der Waals surface area contributed by atoms with Crippen LogP contribution in [0.1, 0.15) is 20.3 Å². The van der Waals surface area contributed by atoms with Crippen LogP contribution in [0.5, 0.6) is 0 Å². The number of hydrogen-bond acceptors (Lipinski definition) is 5. The van der Waals surface area contributed by atoms with Crippen molar-refractivity contribution in [1.82, 2.24) is 4.72 Å². The molecule has 0 aliphatic rings. The Morgan fingerprint density at radius 2 is 2.00 bits per heavy atom. The standard InChI is InChI=1S/C11H16FN3O4S/c1-3-5-14-20(18,19)11-9(12)6-8(15(16)17)7-10(11)13-4-2/h6-7,13-14H,3-5H2,1-2H3. The molecule has 0 unspecified atom stereocenters. The van der Waals surface area contributed by atoms with Crippen LogP contribution in [0, 0.1) is 15.9 Å². The van der Waals surface area contributed by atoms with Crippen LogP contribution in [0.15, 0.2) is 17.0 Å². The van der Waals surface area contributed by atoms with Crippen LogP contribution in [0.4, 0.5) is 15.8 Å². The molecule has 0 radical (unpaired) electrons. The van der Waals surface area contributed by atoms with Gasteiger partial charge in [0.25, 0.3) is 5.69 Å². The molecule has 0 aliphatic carbocycles. The van der Waals surface area contributed by atoms with E-state index in [1.807, 2.05) is 0 Å². The summed E-state index contributed by atoms with van der Waals surface area (Å²) in [6.07, 6.45) is 0.546. The monoisotopic (exact) mass is 305 g/mol. The summed E-state index contributed by atoms with van der Waals surface area (Å²) in [4.78, 5) is 9.31. The summed E-state index contributed by atoms with van der Waals surface area (Å²) >= 11 is 0. The van der Waals surface area contributed by atoms with Gasteiger partial charge in [-0.25, -0.2) is 17.5 Å². The van der Waals surface area contributed by atoms with Crippen LogP contribution >= 0.6 is 0 Å². The molecule has 20 heavy (non-hydrogen) atoms. The zero-order valence-corrected chi connectivity index (χ0v) is 12.0. The molecule has 0 heterocycles. The third-order valence-corrected chi connectivity index (χ3v) is 3.95. The molecule has 9 heteroatoms. The number of sulfonamides is 1. The summed E-state index contributed by atoms with van der Waals surface area (Å²) in [5.74, 6) is -1.15. The Bertz CT molecular complexity index is 604. The molecule has 7 nitrogen and oxygen atoms in total. The second-order valence-corrected chi connectivity index (χ2v) is 5.69. The first kappa shape index (κ1) is 16.3. The van der Waals surface area contributed by atoms with Gasteiger partial charge in [0, 0.05) is 19.2 Å². The van der Waals surface area contributed by atoms with Crippen LogP contribution in [-0.2, 0) is 10.0 Å².